The molecule has 3 unspecified atom stereocenters. The SMILES string of the molecule is CC(C)CCCCC1CC(C(=O)O)CCC1(C(=O)O)C1CCCCC1. The summed E-state index contributed by atoms with van der Waals surface area (Å²) in [5, 5.41) is 19.7. The van der Waals surface area contributed by atoms with Crippen molar-refractivity contribution in [1.29, 1.82) is 0 Å². The van der Waals surface area contributed by atoms with Gasteiger partial charge in [0.15, 0.2) is 0 Å². The summed E-state index contributed by atoms with van der Waals surface area (Å²) >= 11 is 0. The van der Waals surface area contributed by atoms with Crippen LogP contribution in [0.3, 0.4) is 0 Å². The Morgan fingerprint density at radius 2 is 1.72 bits per heavy atom. The normalized spacial score (nSPS) is 31.2. The maximum absolute atomic E-state index is 12.5. The first-order chi connectivity index (χ1) is 11.9. The molecule has 0 aromatic heterocycles. The lowest BCUT2D eigenvalue weighted by atomic mass is 9.54. The molecule has 2 rings (SSSR count). The van der Waals surface area contributed by atoms with E-state index in [1.165, 1.54) is 12.8 Å². The average Bonchev–Trinajstić information content (AvgIpc) is 2.58. The molecular weight excluding hydrogens is 316 g/mol. The van der Waals surface area contributed by atoms with E-state index < -0.39 is 17.4 Å². The van der Waals surface area contributed by atoms with Gasteiger partial charge in [-0.3, -0.25) is 9.59 Å². The molecule has 3 atom stereocenters. The number of carbonyl (C=O) groups is 2. The van der Waals surface area contributed by atoms with Crippen molar-refractivity contribution in [3.63, 3.8) is 0 Å². The van der Waals surface area contributed by atoms with Crippen LogP contribution in [0.25, 0.3) is 0 Å². The Morgan fingerprint density at radius 1 is 1.04 bits per heavy atom. The van der Waals surface area contributed by atoms with E-state index >= 15 is 0 Å². The zero-order valence-electron chi connectivity index (χ0n) is 16.0. The van der Waals surface area contributed by atoms with Crippen LogP contribution in [0.4, 0.5) is 0 Å². The number of hydrogen-bond donors (Lipinski definition) is 2. The van der Waals surface area contributed by atoms with Crippen molar-refractivity contribution in [2.75, 3.05) is 0 Å². The summed E-state index contributed by atoms with van der Waals surface area (Å²) in [5.74, 6) is -0.822. The zero-order chi connectivity index (χ0) is 18.4. The van der Waals surface area contributed by atoms with Gasteiger partial charge in [0.2, 0.25) is 0 Å². The maximum atomic E-state index is 12.5. The van der Waals surface area contributed by atoms with Gasteiger partial charge in [-0.2, -0.15) is 0 Å². The molecule has 2 aliphatic carbocycles. The monoisotopic (exact) mass is 352 g/mol. The van der Waals surface area contributed by atoms with Crippen LogP contribution in [0.1, 0.15) is 90.9 Å². The Labute approximate surface area is 152 Å². The second-order valence-electron chi connectivity index (χ2n) is 8.87. The quantitative estimate of drug-likeness (QED) is 0.577. The molecular formula is C21H36O4. The minimum atomic E-state index is -0.741. The first-order valence-electron chi connectivity index (χ1n) is 10.3. The first-order valence-corrected chi connectivity index (χ1v) is 10.3. The van der Waals surface area contributed by atoms with Gasteiger partial charge in [-0.05, 0) is 56.3 Å². The van der Waals surface area contributed by atoms with Crippen LogP contribution >= 0.6 is 0 Å². The lowest BCUT2D eigenvalue weighted by Gasteiger charge is -2.49. The van der Waals surface area contributed by atoms with E-state index in [9.17, 15) is 19.8 Å². The van der Waals surface area contributed by atoms with Crippen molar-refractivity contribution in [1.82, 2.24) is 0 Å². The lowest BCUT2D eigenvalue weighted by Crippen LogP contribution is -2.50. The van der Waals surface area contributed by atoms with Crippen molar-refractivity contribution >= 4 is 11.9 Å². The molecule has 144 valence electrons. The third-order valence-electron chi connectivity index (χ3n) is 6.87. The molecule has 4 nitrogen and oxygen atoms in total. The lowest BCUT2D eigenvalue weighted by molar-refractivity contribution is -0.168. The molecule has 0 spiro atoms. The molecule has 2 N–H and O–H groups in total. The van der Waals surface area contributed by atoms with Gasteiger partial charge in [0.05, 0.1) is 11.3 Å². The third kappa shape index (κ3) is 4.77. The van der Waals surface area contributed by atoms with Gasteiger partial charge in [0.1, 0.15) is 0 Å². The Balaban J connectivity index is 2.16. The standard InChI is InChI=1S/C21H36O4/c1-15(2)8-6-7-11-18-14-16(19(22)23)12-13-21(18,20(24)25)17-9-4-3-5-10-17/h15-18H,3-14H2,1-2H3,(H,22,23)(H,24,25). The van der Waals surface area contributed by atoms with E-state index in [-0.39, 0.29) is 17.8 Å². The van der Waals surface area contributed by atoms with Gasteiger partial charge in [0.25, 0.3) is 0 Å². The van der Waals surface area contributed by atoms with Crippen molar-refractivity contribution in [3.05, 3.63) is 0 Å². The summed E-state index contributed by atoms with van der Waals surface area (Å²) in [5.41, 5.74) is -0.676. The molecule has 0 radical (unpaired) electrons. The number of hydrogen-bond acceptors (Lipinski definition) is 2. The van der Waals surface area contributed by atoms with Crippen LogP contribution in [0, 0.1) is 29.1 Å². The fourth-order valence-corrected chi connectivity index (χ4v) is 5.44. The second kappa shape index (κ2) is 9.05. The minimum Gasteiger partial charge on any atom is -0.481 e. The zero-order valence-corrected chi connectivity index (χ0v) is 16.0. The van der Waals surface area contributed by atoms with E-state index in [0.29, 0.717) is 25.2 Å². The second-order valence-corrected chi connectivity index (χ2v) is 8.87. The highest BCUT2D eigenvalue weighted by atomic mass is 16.4. The van der Waals surface area contributed by atoms with E-state index in [1.807, 2.05) is 0 Å². The van der Waals surface area contributed by atoms with Crippen LogP contribution in [-0.2, 0) is 9.59 Å². The Morgan fingerprint density at radius 3 is 2.28 bits per heavy atom. The van der Waals surface area contributed by atoms with Crippen molar-refractivity contribution in [2.45, 2.75) is 90.9 Å². The maximum Gasteiger partial charge on any atom is 0.310 e. The largest absolute Gasteiger partial charge is 0.481 e. The summed E-state index contributed by atoms with van der Waals surface area (Å²) < 4.78 is 0. The number of unbranched alkanes of at least 4 members (excludes halogenated alkanes) is 1. The van der Waals surface area contributed by atoms with Gasteiger partial charge >= 0.3 is 11.9 Å². The first kappa shape index (κ1) is 20.3. The molecule has 25 heavy (non-hydrogen) atoms. The number of rotatable bonds is 8. The fraction of sp³-hybridized carbons (Fsp3) is 0.905. The average molecular weight is 353 g/mol. The van der Waals surface area contributed by atoms with Gasteiger partial charge in [0, 0.05) is 0 Å². The molecule has 0 bridgehead atoms. The summed E-state index contributed by atoms with van der Waals surface area (Å²) in [6.07, 6.45) is 11.3. The highest BCUT2D eigenvalue weighted by Gasteiger charge is 2.54. The van der Waals surface area contributed by atoms with Gasteiger partial charge in [-0.1, -0.05) is 52.4 Å². The highest BCUT2D eigenvalue weighted by Crippen LogP contribution is 2.54. The molecule has 0 saturated heterocycles. The smallest absolute Gasteiger partial charge is 0.310 e. The molecule has 0 amide bonds. The van der Waals surface area contributed by atoms with Crippen LogP contribution in [-0.4, -0.2) is 22.2 Å². The molecule has 4 heteroatoms. The molecule has 0 aromatic rings. The van der Waals surface area contributed by atoms with Crippen LogP contribution in [0.2, 0.25) is 0 Å². The highest BCUT2D eigenvalue weighted by molar-refractivity contribution is 5.77. The van der Waals surface area contributed by atoms with Crippen LogP contribution < -0.4 is 0 Å². The van der Waals surface area contributed by atoms with Crippen LogP contribution in [0.5, 0.6) is 0 Å². The molecule has 0 aromatic carbocycles. The Bertz CT molecular complexity index is 453. The third-order valence-corrected chi connectivity index (χ3v) is 6.87. The minimum absolute atomic E-state index is 0.0233. The number of carboxylic acids is 2. The van der Waals surface area contributed by atoms with E-state index in [0.717, 1.165) is 44.9 Å². The van der Waals surface area contributed by atoms with Gasteiger partial charge in [-0.25, -0.2) is 0 Å². The topological polar surface area (TPSA) is 74.6 Å². The van der Waals surface area contributed by atoms with E-state index in [4.69, 9.17) is 0 Å². The summed E-state index contributed by atoms with van der Waals surface area (Å²) in [6, 6.07) is 0. The Kier molecular flexibility index (Phi) is 7.33. The predicted molar refractivity (Wildman–Crippen MR) is 98.4 cm³/mol. The number of aliphatic carboxylic acids is 2. The fourth-order valence-electron chi connectivity index (χ4n) is 5.44. The van der Waals surface area contributed by atoms with Crippen molar-refractivity contribution in [3.8, 4) is 0 Å². The summed E-state index contributed by atoms with van der Waals surface area (Å²) in [4.78, 5) is 24.0. The van der Waals surface area contributed by atoms with Crippen LogP contribution in [0.15, 0.2) is 0 Å². The molecule has 2 fully saturated rings. The van der Waals surface area contributed by atoms with E-state index in [1.54, 1.807) is 0 Å². The van der Waals surface area contributed by atoms with Gasteiger partial charge < -0.3 is 10.2 Å². The molecule has 2 aliphatic rings. The molecule has 0 heterocycles. The summed E-state index contributed by atoms with van der Waals surface area (Å²) in [6.45, 7) is 4.43. The van der Waals surface area contributed by atoms with E-state index in [2.05, 4.69) is 13.8 Å². The molecule has 0 aliphatic heterocycles. The Hall–Kier alpha value is -1.06. The van der Waals surface area contributed by atoms with Gasteiger partial charge in [-0.15, -0.1) is 0 Å². The summed E-state index contributed by atoms with van der Waals surface area (Å²) in [7, 11) is 0. The number of carboxylic acid groups (broad SMARTS) is 2. The van der Waals surface area contributed by atoms with Crippen molar-refractivity contribution < 1.29 is 19.8 Å². The predicted octanol–water partition coefficient (Wildman–Crippen LogP) is 5.36. The van der Waals surface area contributed by atoms with Crippen molar-refractivity contribution in [2.24, 2.45) is 29.1 Å². The molecule has 2 saturated carbocycles.